The second-order valence-electron chi connectivity index (χ2n) is 9.36. The normalized spacial score (nSPS) is 52.5. The Kier molecular flexibility index (Phi) is 4.13. The van der Waals surface area contributed by atoms with Crippen LogP contribution in [0.4, 0.5) is 4.39 Å². The summed E-state index contributed by atoms with van der Waals surface area (Å²) in [7, 11) is 0. The quantitative estimate of drug-likeness (QED) is 0.511. The molecule has 0 bridgehead atoms. The zero-order valence-corrected chi connectivity index (χ0v) is 16.1. The first-order chi connectivity index (χ1) is 13.0. The lowest BCUT2D eigenvalue weighted by molar-refractivity contribution is -0.218. The molecule has 2 saturated carbocycles. The van der Waals surface area contributed by atoms with Crippen molar-refractivity contribution in [2.45, 2.75) is 63.0 Å². The first kappa shape index (κ1) is 19.9. The molecule has 2 fully saturated rings. The van der Waals surface area contributed by atoms with E-state index in [0.29, 0.717) is 5.57 Å². The van der Waals surface area contributed by atoms with Crippen LogP contribution in [-0.2, 0) is 9.59 Å². The van der Waals surface area contributed by atoms with Crippen LogP contribution in [0.5, 0.6) is 0 Å². The van der Waals surface area contributed by atoms with Crippen molar-refractivity contribution in [1.82, 2.24) is 0 Å². The van der Waals surface area contributed by atoms with Crippen LogP contribution in [0.3, 0.4) is 0 Å². The standard InChI is InChI=1S/C21H27FO6/c1-18-6-5-12(24)7-11(18)3-4-13-14-8-15(25)21(28,17(27)10-23)19(14,2)9-16(26)20(13,18)22/h3,5-6,13-16,23,25-26,28H,4,7-10H2,1-2H3/t13-,14-,15+,16-,18-,19-,20-,21-/m0/s1. The molecule has 4 rings (SSSR count). The van der Waals surface area contributed by atoms with Gasteiger partial charge < -0.3 is 20.4 Å². The van der Waals surface area contributed by atoms with Gasteiger partial charge in [-0.1, -0.05) is 24.6 Å². The molecule has 0 unspecified atom stereocenters. The summed E-state index contributed by atoms with van der Waals surface area (Å²) in [4.78, 5) is 24.2. The van der Waals surface area contributed by atoms with E-state index < -0.39 is 58.5 Å². The highest BCUT2D eigenvalue weighted by Gasteiger charge is 2.75. The number of Topliss-reactive ketones (excluding diaryl/α,β-unsaturated/α-hetero) is 1. The fourth-order valence-electron chi connectivity index (χ4n) is 6.76. The van der Waals surface area contributed by atoms with Crippen LogP contribution in [0.2, 0.25) is 0 Å². The zero-order chi connectivity index (χ0) is 20.7. The molecule has 4 N–H and O–H groups in total. The third-order valence-corrected chi connectivity index (χ3v) is 8.39. The number of hydrogen-bond donors (Lipinski definition) is 4. The van der Waals surface area contributed by atoms with E-state index in [-0.39, 0.29) is 31.5 Å². The number of alkyl halides is 1. The fourth-order valence-corrected chi connectivity index (χ4v) is 6.76. The average Bonchev–Trinajstić information content (AvgIpc) is 2.84. The third kappa shape index (κ3) is 2.01. The van der Waals surface area contributed by atoms with Gasteiger partial charge in [0.25, 0.3) is 0 Å². The molecule has 6 nitrogen and oxygen atoms in total. The number of aliphatic hydroxyl groups is 4. The summed E-state index contributed by atoms with van der Waals surface area (Å²) in [5, 5.41) is 42.1. The van der Waals surface area contributed by atoms with Crippen molar-refractivity contribution in [2.24, 2.45) is 22.7 Å². The van der Waals surface area contributed by atoms with Gasteiger partial charge in [-0.25, -0.2) is 4.39 Å². The van der Waals surface area contributed by atoms with Crippen LogP contribution in [0.15, 0.2) is 23.8 Å². The maximum atomic E-state index is 16.8. The van der Waals surface area contributed by atoms with Gasteiger partial charge in [0.1, 0.15) is 6.61 Å². The van der Waals surface area contributed by atoms with E-state index in [4.69, 9.17) is 0 Å². The molecule has 0 aromatic rings. The van der Waals surface area contributed by atoms with E-state index in [9.17, 15) is 30.0 Å². The lowest BCUT2D eigenvalue weighted by atomic mass is 9.45. The van der Waals surface area contributed by atoms with E-state index in [1.54, 1.807) is 13.8 Å². The predicted octanol–water partition coefficient (Wildman–Crippen LogP) is 0.620. The number of rotatable bonds is 2. The van der Waals surface area contributed by atoms with E-state index in [1.165, 1.54) is 12.2 Å². The van der Waals surface area contributed by atoms with Gasteiger partial charge in [-0.3, -0.25) is 9.59 Å². The number of fused-ring (bicyclic) bond motifs is 5. The predicted molar refractivity (Wildman–Crippen MR) is 96.8 cm³/mol. The Morgan fingerprint density at radius 3 is 2.57 bits per heavy atom. The van der Waals surface area contributed by atoms with E-state index in [0.717, 1.165) is 0 Å². The highest BCUT2D eigenvalue weighted by atomic mass is 19.1. The van der Waals surface area contributed by atoms with Crippen molar-refractivity contribution in [1.29, 1.82) is 0 Å². The topological polar surface area (TPSA) is 115 Å². The maximum absolute atomic E-state index is 16.8. The van der Waals surface area contributed by atoms with Gasteiger partial charge in [0, 0.05) is 23.2 Å². The van der Waals surface area contributed by atoms with Crippen molar-refractivity contribution < 1.29 is 34.4 Å². The lowest BCUT2D eigenvalue weighted by Gasteiger charge is -2.61. The first-order valence-electron chi connectivity index (χ1n) is 9.80. The van der Waals surface area contributed by atoms with Crippen LogP contribution in [-0.4, -0.2) is 62.1 Å². The molecule has 7 heteroatoms. The van der Waals surface area contributed by atoms with Crippen molar-refractivity contribution >= 4 is 11.6 Å². The SMILES string of the molecule is C[C@]12C=CC(=O)CC1=CC[C@H]1[C@@H]3C[C@@H](O)[C@](O)(C(=O)CO)[C@@]3(C)C[C@H](O)[C@@]12F. The molecular formula is C21H27FO6. The molecule has 0 heterocycles. The van der Waals surface area contributed by atoms with Crippen molar-refractivity contribution in [3.05, 3.63) is 23.8 Å². The summed E-state index contributed by atoms with van der Waals surface area (Å²) in [6.07, 6.45) is 1.90. The Bertz CT molecular complexity index is 807. The molecule has 154 valence electrons. The van der Waals surface area contributed by atoms with E-state index >= 15 is 4.39 Å². The lowest BCUT2D eigenvalue weighted by Crippen LogP contribution is -2.69. The first-order valence-corrected chi connectivity index (χ1v) is 9.80. The smallest absolute Gasteiger partial charge is 0.192 e. The summed E-state index contributed by atoms with van der Waals surface area (Å²) in [5.74, 6) is -2.34. The molecule has 28 heavy (non-hydrogen) atoms. The van der Waals surface area contributed by atoms with Gasteiger partial charge >= 0.3 is 0 Å². The average molecular weight is 394 g/mol. The van der Waals surface area contributed by atoms with Crippen LogP contribution in [0, 0.1) is 22.7 Å². The summed E-state index contributed by atoms with van der Waals surface area (Å²) >= 11 is 0. The molecule has 0 aromatic carbocycles. The minimum Gasteiger partial charge on any atom is -0.390 e. The second-order valence-corrected chi connectivity index (χ2v) is 9.36. The maximum Gasteiger partial charge on any atom is 0.192 e. The number of aliphatic hydroxyl groups excluding tert-OH is 3. The van der Waals surface area contributed by atoms with Crippen LogP contribution in [0.25, 0.3) is 0 Å². The molecule has 8 atom stereocenters. The van der Waals surface area contributed by atoms with Crippen LogP contribution >= 0.6 is 0 Å². The fraction of sp³-hybridized carbons (Fsp3) is 0.714. The molecule has 4 aliphatic rings. The molecule has 0 aromatic heterocycles. The molecule has 0 radical (unpaired) electrons. The van der Waals surface area contributed by atoms with Gasteiger partial charge in [-0.2, -0.15) is 0 Å². The molecule has 0 spiro atoms. The Morgan fingerprint density at radius 1 is 1.25 bits per heavy atom. The highest BCUT2D eigenvalue weighted by molar-refractivity contribution is 5.93. The second kappa shape index (κ2) is 5.81. The minimum absolute atomic E-state index is 0.00367. The number of carbonyl (C=O) groups is 2. The monoisotopic (exact) mass is 394 g/mol. The zero-order valence-electron chi connectivity index (χ0n) is 16.1. The molecule has 0 saturated heterocycles. The highest BCUT2D eigenvalue weighted by Crippen LogP contribution is 2.69. The molecular weight excluding hydrogens is 367 g/mol. The number of hydrogen-bond acceptors (Lipinski definition) is 6. The van der Waals surface area contributed by atoms with Crippen molar-refractivity contribution in [3.63, 3.8) is 0 Å². The summed E-state index contributed by atoms with van der Waals surface area (Å²) in [5.41, 5.74) is -6.13. The van der Waals surface area contributed by atoms with Crippen molar-refractivity contribution in [3.8, 4) is 0 Å². The molecule has 0 amide bonds. The van der Waals surface area contributed by atoms with Gasteiger partial charge in [-0.05, 0) is 38.2 Å². The number of allylic oxidation sites excluding steroid dienone is 4. The summed E-state index contributed by atoms with van der Waals surface area (Å²) in [6, 6.07) is 0. The minimum atomic E-state index is -2.24. The Morgan fingerprint density at radius 2 is 1.93 bits per heavy atom. The Labute approximate surface area is 162 Å². The summed E-state index contributed by atoms with van der Waals surface area (Å²) in [6.45, 7) is 2.33. The van der Waals surface area contributed by atoms with E-state index in [2.05, 4.69) is 0 Å². The molecule has 4 aliphatic carbocycles. The van der Waals surface area contributed by atoms with E-state index in [1.807, 2.05) is 6.08 Å². The Balaban J connectivity index is 1.85. The van der Waals surface area contributed by atoms with Gasteiger partial charge in [-0.15, -0.1) is 0 Å². The number of ketones is 2. The van der Waals surface area contributed by atoms with Gasteiger partial charge in [0.15, 0.2) is 22.8 Å². The van der Waals surface area contributed by atoms with Gasteiger partial charge in [0.05, 0.1) is 12.2 Å². The largest absolute Gasteiger partial charge is 0.390 e. The van der Waals surface area contributed by atoms with Crippen LogP contribution in [0.1, 0.15) is 39.5 Å². The van der Waals surface area contributed by atoms with Crippen molar-refractivity contribution in [2.75, 3.05) is 6.61 Å². The van der Waals surface area contributed by atoms with Crippen LogP contribution < -0.4 is 0 Å². The number of halogens is 1. The Hall–Kier alpha value is -1.41. The van der Waals surface area contributed by atoms with Gasteiger partial charge in [0.2, 0.25) is 0 Å². The third-order valence-electron chi connectivity index (χ3n) is 8.39. The summed E-state index contributed by atoms with van der Waals surface area (Å²) < 4.78 is 16.8. The molecule has 0 aliphatic heterocycles. The number of carbonyl (C=O) groups excluding carboxylic acids is 2.